The molecule has 0 aliphatic rings. The van der Waals surface area contributed by atoms with Crippen molar-refractivity contribution in [2.24, 2.45) is 5.92 Å². The Morgan fingerprint density at radius 1 is 1.50 bits per heavy atom. The number of carboxylic acids is 1. The van der Waals surface area contributed by atoms with E-state index >= 15 is 0 Å². The van der Waals surface area contributed by atoms with Gasteiger partial charge in [-0.05, 0) is 5.92 Å². The maximum absolute atomic E-state index is 10.1. The standard InChI is InChI=1S/C8H17NO3/c1-6(2)7(10)5-9-4-3-8(11)12/h6-7,9-10H,3-5H2,1-2H3,(H,11,12). The van der Waals surface area contributed by atoms with Gasteiger partial charge in [0, 0.05) is 13.1 Å². The largest absolute Gasteiger partial charge is 0.481 e. The molecule has 0 radical (unpaired) electrons. The van der Waals surface area contributed by atoms with Gasteiger partial charge in [-0.3, -0.25) is 4.79 Å². The quantitative estimate of drug-likeness (QED) is 0.499. The molecule has 0 spiro atoms. The third-order valence-electron chi connectivity index (χ3n) is 1.64. The molecule has 1 unspecified atom stereocenters. The zero-order valence-electron chi connectivity index (χ0n) is 7.58. The molecule has 72 valence electrons. The Kier molecular flexibility index (Phi) is 5.66. The van der Waals surface area contributed by atoms with Crippen LogP contribution in [0, 0.1) is 5.92 Å². The number of hydrogen-bond donors (Lipinski definition) is 3. The van der Waals surface area contributed by atoms with Crippen LogP contribution in [0.5, 0.6) is 0 Å². The Labute approximate surface area is 72.6 Å². The molecule has 12 heavy (non-hydrogen) atoms. The van der Waals surface area contributed by atoms with Crippen molar-refractivity contribution in [3.05, 3.63) is 0 Å². The van der Waals surface area contributed by atoms with Crippen LogP contribution in [0.3, 0.4) is 0 Å². The van der Waals surface area contributed by atoms with Crippen LogP contribution in [0.4, 0.5) is 0 Å². The first-order chi connectivity index (χ1) is 5.54. The molecular weight excluding hydrogens is 158 g/mol. The highest BCUT2D eigenvalue weighted by atomic mass is 16.4. The van der Waals surface area contributed by atoms with E-state index in [0.29, 0.717) is 13.1 Å². The van der Waals surface area contributed by atoms with Gasteiger partial charge in [0.2, 0.25) is 0 Å². The van der Waals surface area contributed by atoms with E-state index in [1.54, 1.807) is 0 Å². The summed E-state index contributed by atoms with van der Waals surface area (Å²) >= 11 is 0. The molecule has 0 aromatic rings. The van der Waals surface area contributed by atoms with E-state index in [0.717, 1.165) is 0 Å². The van der Waals surface area contributed by atoms with Crippen LogP contribution < -0.4 is 5.32 Å². The van der Waals surface area contributed by atoms with Crippen molar-refractivity contribution in [2.75, 3.05) is 13.1 Å². The Balaban J connectivity index is 3.25. The van der Waals surface area contributed by atoms with Gasteiger partial charge in [0.25, 0.3) is 0 Å². The molecule has 4 nitrogen and oxygen atoms in total. The van der Waals surface area contributed by atoms with E-state index in [4.69, 9.17) is 5.11 Å². The first kappa shape index (κ1) is 11.4. The fourth-order valence-electron chi connectivity index (χ4n) is 0.681. The maximum atomic E-state index is 10.1. The number of carboxylic acid groups (broad SMARTS) is 1. The summed E-state index contributed by atoms with van der Waals surface area (Å²) in [6, 6.07) is 0. The minimum atomic E-state index is -0.818. The van der Waals surface area contributed by atoms with E-state index in [1.807, 2.05) is 13.8 Å². The SMILES string of the molecule is CC(C)C(O)CNCCC(=O)O. The Morgan fingerprint density at radius 3 is 2.50 bits per heavy atom. The van der Waals surface area contributed by atoms with Crippen molar-refractivity contribution in [3.63, 3.8) is 0 Å². The second kappa shape index (κ2) is 5.97. The second-order valence-electron chi connectivity index (χ2n) is 3.16. The van der Waals surface area contributed by atoms with Crippen molar-refractivity contribution in [1.29, 1.82) is 0 Å². The molecule has 0 bridgehead atoms. The van der Waals surface area contributed by atoms with E-state index < -0.39 is 12.1 Å². The highest BCUT2D eigenvalue weighted by Gasteiger charge is 2.07. The topological polar surface area (TPSA) is 69.6 Å². The zero-order valence-corrected chi connectivity index (χ0v) is 7.58. The van der Waals surface area contributed by atoms with Crippen molar-refractivity contribution >= 4 is 5.97 Å². The van der Waals surface area contributed by atoms with Gasteiger partial charge in [-0.25, -0.2) is 0 Å². The zero-order chi connectivity index (χ0) is 9.56. The lowest BCUT2D eigenvalue weighted by Crippen LogP contribution is -2.31. The summed E-state index contributed by atoms with van der Waals surface area (Å²) in [5, 5.41) is 20.4. The number of carbonyl (C=O) groups is 1. The Bertz CT molecular complexity index is 136. The highest BCUT2D eigenvalue weighted by Crippen LogP contribution is 1.98. The second-order valence-corrected chi connectivity index (χ2v) is 3.16. The predicted molar refractivity (Wildman–Crippen MR) is 46.0 cm³/mol. The van der Waals surface area contributed by atoms with Crippen molar-refractivity contribution in [3.8, 4) is 0 Å². The molecule has 0 rings (SSSR count). The average molecular weight is 175 g/mol. The maximum Gasteiger partial charge on any atom is 0.304 e. The van der Waals surface area contributed by atoms with Gasteiger partial charge >= 0.3 is 5.97 Å². The van der Waals surface area contributed by atoms with Gasteiger partial charge in [0.1, 0.15) is 0 Å². The summed E-state index contributed by atoms with van der Waals surface area (Å²) in [4.78, 5) is 10.1. The number of rotatable bonds is 6. The van der Waals surface area contributed by atoms with E-state index in [1.165, 1.54) is 0 Å². The first-order valence-corrected chi connectivity index (χ1v) is 4.14. The van der Waals surface area contributed by atoms with Crippen LogP contribution >= 0.6 is 0 Å². The van der Waals surface area contributed by atoms with Crippen molar-refractivity contribution in [1.82, 2.24) is 5.32 Å². The minimum Gasteiger partial charge on any atom is -0.481 e. The summed E-state index contributed by atoms with van der Waals surface area (Å²) in [5.74, 6) is -0.608. The van der Waals surface area contributed by atoms with Gasteiger partial charge < -0.3 is 15.5 Å². The van der Waals surface area contributed by atoms with Gasteiger partial charge in [-0.2, -0.15) is 0 Å². The first-order valence-electron chi connectivity index (χ1n) is 4.14. The summed E-state index contributed by atoms with van der Waals surface area (Å²) in [6.07, 6.45) is -0.288. The number of aliphatic hydroxyl groups is 1. The summed E-state index contributed by atoms with van der Waals surface area (Å²) in [6.45, 7) is 4.72. The van der Waals surface area contributed by atoms with Gasteiger partial charge in [0.05, 0.1) is 12.5 Å². The van der Waals surface area contributed by atoms with E-state index in [2.05, 4.69) is 5.32 Å². The molecular formula is C8H17NO3. The summed E-state index contributed by atoms with van der Waals surface area (Å²) < 4.78 is 0. The van der Waals surface area contributed by atoms with Crippen LogP contribution in [0.15, 0.2) is 0 Å². The fourth-order valence-corrected chi connectivity index (χ4v) is 0.681. The molecule has 0 saturated carbocycles. The van der Waals surface area contributed by atoms with Crippen LogP contribution in [-0.4, -0.2) is 35.4 Å². The molecule has 4 heteroatoms. The monoisotopic (exact) mass is 175 g/mol. The third kappa shape index (κ3) is 6.12. The lowest BCUT2D eigenvalue weighted by molar-refractivity contribution is -0.136. The van der Waals surface area contributed by atoms with Gasteiger partial charge in [-0.1, -0.05) is 13.8 Å². The number of nitrogens with one attached hydrogen (secondary N) is 1. The molecule has 0 aliphatic carbocycles. The Morgan fingerprint density at radius 2 is 2.08 bits per heavy atom. The molecule has 0 aliphatic heterocycles. The Hall–Kier alpha value is -0.610. The van der Waals surface area contributed by atoms with Crippen LogP contribution in [-0.2, 0) is 4.79 Å². The lowest BCUT2D eigenvalue weighted by atomic mass is 10.1. The molecule has 0 aromatic carbocycles. The van der Waals surface area contributed by atoms with Crippen LogP contribution in [0.1, 0.15) is 20.3 Å². The molecule has 0 aromatic heterocycles. The molecule has 0 saturated heterocycles. The average Bonchev–Trinajstić information content (AvgIpc) is 1.97. The number of aliphatic carboxylic acids is 1. The summed E-state index contributed by atoms with van der Waals surface area (Å²) in [5.41, 5.74) is 0. The fraction of sp³-hybridized carbons (Fsp3) is 0.875. The molecule has 0 heterocycles. The van der Waals surface area contributed by atoms with E-state index in [9.17, 15) is 9.90 Å². The molecule has 0 amide bonds. The summed E-state index contributed by atoms with van der Waals surface area (Å²) in [7, 11) is 0. The third-order valence-corrected chi connectivity index (χ3v) is 1.64. The van der Waals surface area contributed by atoms with Gasteiger partial charge in [0.15, 0.2) is 0 Å². The molecule has 1 atom stereocenters. The lowest BCUT2D eigenvalue weighted by Gasteiger charge is -2.14. The minimum absolute atomic E-state index is 0.102. The smallest absolute Gasteiger partial charge is 0.304 e. The van der Waals surface area contributed by atoms with E-state index in [-0.39, 0.29) is 12.3 Å². The number of hydrogen-bond acceptors (Lipinski definition) is 3. The normalized spacial score (nSPS) is 13.3. The molecule has 3 N–H and O–H groups in total. The number of aliphatic hydroxyl groups excluding tert-OH is 1. The van der Waals surface area contributed by atoms with Crippen LogP contribution in [0.25, 0.3) is 0 Å². The van der Waals surface area contributed by atoms with Crippen LogP contribution in [0.2, 0.25) is 0 Å². The van der Waals surface area contributed by atoms with Crippen molar-refractivity contribution in [2.45, 2.75) is 26.4 Å². The highest BCUT2D eigenvalue weighted by molar-refractivity contribution is 5.66. The predicted octanol–water partition coefficient (Wildman–Crippen LogP) is 0.0676. The molecule has 0 fully saturated rings. The van der Waals surface area contributed by atoms with Gasteiger partial charge in [-0.15, -0.1) is 0 Å². The van der Waals surface area contributed by atoms with Crippen molar-refractivity contribution < 1.29 is 15.0 Å².